The quantitative estimate of drug-likeness (QED) is 0.724. The van der Waals surface area contributed by atoms with Gasteiger partial charge >= 0.3 is 35.6 Å². The Balaban J connectivity index is 0.000000497. The van der Waals surface area contributed by atoms with Crippen molar-refractivity contribution in [2.24, 2.45) is 0 Å². The first kappa shape index (κ1) is 17.9. The van der Waals surface area contributed by atoms with E-state index >= 15 is 0 Å². The van der Waals surface area contributed by atoms with Gasteiger partial charge in [-0.3, -0.25) is 5.41 Å². The van der Waals surface area contributed by atoms with Crippen LogP contribution in [0.2, 0.25) is 0 Å². The normalized spacial score (nSPS) is 24.8. The number of nitrogens with one attached hydrogen (secondary N) is 1. The van der Waals surface area contributed by atoms with E-state index in [1.807, 2.05) is 0 Å². The molecular weight excluding hydrogens is 341 g/mol. The second kappa shape index (κ2) is 9.65. The summed E-state index contributed by atoms with van der Waals surface area (Å²) in [6.45, 7) is 2.22. The summed E-state index contributed by atoms with van der Waals surface area (Å²) < 4.78 is 0. The van der Waals surface area contributed by atoms with Gasteiger partial charge in [0.2, 0.25) is 0 Å². The SMILES string of the molecule is N=C1N(C2CCCCC2)CCN1C1CCCCC1.[Cl][Ti][Cl]. The van der Waals surface area contributed by atoms with Crippen molar-refractivity contribution in [3.05, 3.63) is 0 Å². The van der Waals surface area contributed by atoms with Crippen molar-refractivity contribution in [1.29, 1.82) is 5.41 Å². The van der Waals surface area contributed by atoms with Crippen molar-refractivity contribution in [3.63, 3.8) is 0 Å². The molecule has 120 valence electrons. The monoisotopic (exact) mass is 367 g/mol. The van der Waals surface area contributed by atoms with Gasteiger partial charge in [-0.25, -0.2) is 0 Å². The van der Waals surface area contributed by atoms with Gasteiger partial charge in [-0.2, -0.15) is 0 Å². The van der Waals surface area contributed by atoms with Crippen LogP contribution >= 0.6 is 18.6 Å². The zero-order valence-electron chi connectivity index (χ0n) is 12.8. The molecule has 0 atom stereocenters. The van der Waals surface area contributed by atoms with E-state index in [0.29, 0.717) is 12.1 Å². The van der Waals surface area contributed by atoms with Gasteiger partial charge in [0.25, 0.3) is 0 Å². The Kier molecular flexibility index (Phi) is 8.23. The molecule has 1 aliphatic heterocycles. The summed E-state index contributed by atoms with van der Waals surface area (Å²) in [5.41, 5.74) is 0. The van der Waals surface area contributed by atoms with Crippen LogP contribution in [0.5, 0.6) is 0 Å². The maximum absolute atomic E-state index is 8.49. The fourth-order valence-corrected chi connectivity index (χ4v) is 4.09. The van der Waals surface area contributed by atoms with Crippen LogP contribution in [0.1, 0.15) is 64.2 Å². The molecule has 0 aromatic carbocycles. The fraction of sp³-hybridized carbons (Fsp3) is 0.933. The molecule has 2 saturated carbocycles. The number of nitrogens with zero attached hydrogens (tertiary/aromatic N) is 2. The van der Waals surface area contributed by atoms with Gasteiger partial charge < -0.3 is 9.80 Å². The Hall–Kier alpha value is 0.564. The molecule has 1 N–H and O–H groups in total. The third-order valence-corrected chi connectivity index (χ3v) is 5.16. The number of halogens is 2. The molecule has 3 aliphatic rings. The molecule has 1 heterocycles. The molecule has 3 nitrogen and oxygen atoms in total. The second-order valence-corrected chi connectivity index (χ2v) is 8.94. The minimum absolute atomic E-state index is 0.556. The van der Waals surface area contributed by atoms with Crippen LogP contribution in [-0.4, -0.2) is 40.9 Å². The first-order chi connectivity index (χ1) is 10.3. The molecule has 0 amide bonds. The van der Waals surface area contributed by atoms with Gasteiger partial charge in [0, 0.05) is 25.2 Å². The molecule has 3 fully saturated rings. The van der Waals surface area contributed by atoms with Crippen LogP contribution in [0, 0.1) is 5.41 Å². The third kappa shape index (κ3) is 5.02. The van der Waals surface area contributed by atoms with E-state index in [2.05, 4.69) is 9.80 Å². The first-order valence-electron chi connectivity index (χ1n) is 8.36. The molecule has 1 saturated heterocycles. The Morgan fingerprint density at radius 3 is 1.43 bits per heavy atom. The number of hydrogen-bond acceptors (Lipinski definition) is 1. The molecule has 6 heteroatoms. The molecule has 0 radical (unpaired) electrons. The zero-order chi connectivity index (χ0) is 15.1. The van der Waals surface area contributed by atoms with E-state index in [-0.39, 0.29) is 0 Å². The van der Waals surface area contributed by atoms with Crippen LogP contribution < -0.4 is 0 Å². The topological polar surface area (TPSA) is 30.3 Å². The fourth-order valence-electron chi connectivity index (χ4n) is 4.09. The van der Waals surface area contributed by atoms with Crippen molar-refractivity contribution in [3.8, 4) is 0 Å². The van der Waals surface area contributed by atoms with Gasteiger partial charge in [-0.1, -0.05) is 38.5 Å². The summed E-state index contributed by atoms with van der Waals surface area (Å²) in [6.07, 6.45) is 13.6. The average Bonchev–Trinajstić information content (AvgIpc) is 2.91. The van der Waals surface area contributed by atoms with E-state index in [9.17, 15) is 0 Å². The van der Waals surface area contributed by atoms with Crippen LogP contribution in [0.15, 0.2) is 0 Å². The molecule has 2 aliphatic carbocycles. The standard InChI is InChI=1S/C15H27N3.2ClH.Ti/c16-15-17(13-7-3-1-4-8-13)11-12-18(15)14-9-5-2-6-10-14;;;/h13-14,16H,1-12H2;2*1H;/q;;;+2/p-2. The van der Waals surface area contributed by atoms with E-state index in [0.717, 1.165) is 19.0 Å². The number of hydrogen-bond donors (Lipinski definition) is 1. The van der Waals surface area contributed by atoms with Crippen molar-refractivity contribution in [2.45, 2.75) is 76.3 Å². The maximum atomic E-state index is 8.49. The van der Waals surface area contributed by atoms with Crippen LogP contribution in [0.3, 0.4) is 0 Å². The molecule has 0 bridgehead atoms. The zero-order valence-corrected chi connectivity index (χ0v) is 15.9. The van der Waals surface area contributed by atoms with Crippen molar-refractivity contribution < 1.29 is 17.0 Å². The summed E-state index contributed by atoms with van der Waals surface area (Å²) >= 11 is -0.556. The van der Waals surface area contributed by atoms with Gasteiger partial charge in [0.15, 0.2) is 5.96 Å². The summed E-state index contributed by atoms with van der Waals surface area (Å²) in [5, 5.41) is 8.49. The number of rotatable bonds is 2. The van der Waals surface area contributed by atoms with Crippen molar-refractivity contribution in [2.75, 3.05) is 13.1 Å². The van der Waals surface area contributed by atoms with Gasteiger partial charge in [0.1, 0.15) is 0 Å². The van der Waals surface area contributed by atoms with Gasteiger partial charge in [0.05, 0.1) is 0 Å². The predicted octanol–water partition coefficient (Wildman–Crippen LogP) is 4.58. The molecular formula is C15H27Cl2N3Ti. The van der Waals surface area contributed by atoms with E-state index in [1.54, 1.807) is 0 Å². The third-order valence-electron chi connectivity index (χ3n) is 5.16. The molecule has 21 heavy (non-hydrogen) atoms. The predicted molar refractivity (Wildman–Crippen MR) is 86.6 cm³/mol. The van der Waals surface area contributed by atoms with Gasteiger partial charge in [-0.15, -0.1) is 0 Å². The van der Waals surface area contributed by atoms with Gasteiger partial charge in [-0.05, 0) is 25.7 Å². The van der Waals surface area contributed by atoms with E-state index in [4.69, 9.17) is 24.0 Å². The Morgan fingerprint density at radius 2 is 1.10 bits per heavy atom. The van der Waals surface area contributed by atoms with Crippen molar-refractivity contribution >= 4 is 24.6 Å². The Morgan fingerprint density at radius 1 is 0.762 bits per heavy atom. The average molecular weight is 368 g/mol. The molecule has 3 rings (SSSR count). The summed E-state index contributed by atoms with van der Waals surface area (Å²) in [7, 11) is 9.78. The van der Waals surface area contributed by atoms with Crippen LogP contribution in [0.4, 0.5) is 0 Å². The molecule has 0 aromatic heterocycles. The molecule has 0 unspecified atom stereocenters. The first-order valence-corrected chi connectivity index (χ1v) is 12.7. The number of guanidine groups is 1. The van der Waals surface area contributed by atoms with Crippen LogP contribution in [0.25, 0.3) is 0 Å². The summed E-state index contributed by atoms with van der Waals surface area (Å²) in [5.74, 6) is 0.855. The second-order valence-electron chi connectivity index (χ2n) is 6.37. The Bertz CT molecular complexity index is 290. The van der Waals surface area contributed by atoms with Crippen molar-refractivity contribution in [1.82, 2.24) is 9.80 Å². The Labute approximate surface area is 145 Å². The summed E-state index contributed by atoms with van der Waals surface area (Å²) in [6, 6.07) is 1.36. The van der Waals surface area contributed by atoms with E-state index < -0.39 is 17.0 Å². The minimum atomic E-state index is -0.556. The van der Waals surface area contributed by atoms with E-state index in [1.165, 1.54) is 64.2 Å². The molecule has 0 aromatic rings. The van der Waals surface area contributed by atoms with Crippen LogP contribution in [-0.2, 0) is 17.0 Å². The molecule has 0 spiro atoms. The summed E-state index contributed by atoms with van der Waals surface area (Å²) in [4.78, 5) is 4.82.